The summed E-state index contributed by atoms with van der Waals surface area (Å²) in [6.45, 7) is 4.46. The van der Waals surface area contributed by atoms with Crippen molar-refractivity contribution >= 4 is 17.0 Å². The second kappa shape index (κ2) is 7.56. The number of halogens is 3. The highest BCUT2D eigenvalue weighted by atomic mass is 19.4. The van der Waals surface area contributed by atoms with Crippen LogP contribution in [0.25, 0.3) is 11.2 Å². The minimum Gasteiger partial charge on any atom is -0.382 e. The van der Waals surface area contributed by atoms with E-state index in [1.54, 1.807) is 0 Å². The van der Waals surface area contributed by atoms with E-state index in [2.05, 4.69) is 37.3 Å². The first-order chi connectivity index (χ1) is 13.8. The quantitative estimate of drug-likeness (QED) is 0.709. The highest BCUT2D eigenvalue weighted by molar-refractivity contribution is 5.80. The lowest BCUT2D eigenvalue weighted by atomic mass is 10.1. The Morgan fingerprint density at radius 2 is 2.00 bits per heavy atom. The molecule has 0 aliphatic carbocycles. The average molecular weight is 407 g/mol. The van der Waals surface area contributed by atoms with Crippen molar-refractivity contribution in [2.45, 2.75) is 31.8 Å². The zero-order valence-corrected chi connectivity index (χ0v) is 15.7. The number of rotatable bonds is 4. The van der Waals surface area contributed by atoms with E-state index in [0.29, 0.717) is 13.2 Å². The zero-order valence-electron chi connectivity index (χ0n) is 15.7. The molecule has 0 radical (unpaired) electrons. The maximum absolute atomic E-state index is 13.1. The molecule has 0 bridgehead atoms. The molecule has 2 unspecified atom stereocenters. The second-order valence-corrected chi connectivity index (χ2v) is 7.01. The fourth-order valence-corrected chi connectivity index (χ4v) is 3.42. The third-order valence-electron chi connectivity index (χ3n) is 4.95. The van der Waals surface area contributed by atoms with Crippen molar-refractivity contribution < 1.29 is 17.9 Å². The monoisotopic (exact) mass is 407 g/mol. The Morgan fingerprint density at radius 1 is 1.24 bits per heavy atom. The zero-order chi connectivity index (χ0) is 20.6. The minimum absolute atomic E-state index is 0.0433. The van der Waals surface area contributed by atoms with Crippen molar-refractivity contribution in [1.29, 1.82) is 0 Å². The molecule has 29 heavy (non-hydrogen) atoms. The van der Waals surface area contributed by atoms with Crippen LogP contribution >= 0.6 is 0 Å². The fraction of sp³-hybridized carbons (Fsp3) is 0.444. The Labute approximate surface area is 164 Å². The third-order valence-corrected chi connectivity index (χ3v) is 4.95. The largest absolute Gasteiger partial charge is 0.451 e. The summed E-state index contributed by atoms with van der Waals surface area (Å²) in [5.74, 6) is -1.66. The first kappa shape index (κ1) is 19.5. The number of hydrogen-bond acceptors (Lipinski definition) is 7. The number of nitrogens with two attached hydrogens (primary N) is 1. The summed E-state index contributed by atoms with van der Waals surface area (Å²) in [6, 6.07) is 9.65. The molecular formula is C18H20F3N7O. The van der Waals surface area contributed by atoms with Gasteiger partial charge < -0.3 is 10.5 Å². The number of nitrogen functional groups attached to an aromatic ring is 1. The van der Waals surface area contributed by atoms with Gasteiger partial charge in [-0.3, -0.25) is 4.90 Å². The van der Waals surface area contributed by atoms with Gasteiger partial charge in [0.15, 0.2) is 17.0 Å². The van der Waals surface area contributed by atoms with Crippen LogP contribution in [0.5, 0.6) is 0 Å². The second-order valence-electron chi connectivity index (χ2n) is 7.01. The predicted octanol–water partition coefficient (Wildman–Crippen LogP) is 2.28. The van der Waals surface area contributed by atoms with Crippen molar-refractivity contribution in [3.05, 3.63) is 41.7 Å². The maximum Gasteiger partial charge on any atom is 0.451 e. The molecule has 1 saturated heterocycles. The molecule has 8 nitrogen and oxygen atoms in total. The van der Waals surface area contributed by atoms with Crippen LogP contribution in [-0.2, 0) is 17.5 Å². The van der Waals surface area contributed by atoms with Crippen LogP contribution in [0.2, 0.25) is 0 Å². The summed E-state index contributed by atoms with van der Waals surface area (Å²) in [6.07, 6.45) is -5.00. The molecular weight excluding hydrogens is 387 g/mol. The van der Waals surface area contributed by atoms with E-state index in [1.807, 2.05) is 25.1 Å². The van der Waals surface area contributed by atoms with Gasteiger partial charge in [0.2, 0.25) is 5.82 Å². The first-order valence-corrected chi connectivity index (χ1v) is 9.16. The predicted molar refractivity (Wildman–Crippen MR) is 98.7 cm³/mol. The van der Waals surface area contributed by atoms with Gasteiger partial charge in [-0.25, -0.2) is 14.6 Å². The standard InChI is InChI=1S/C18H20F3N7O/c1-11(13-10-27(7-8-29-13)9-12-5-3-2-4-6-12)28-16-14(25-26-28)15(22)23-17(24-16)18(19,20)21/h2-6,11,13H,7-10H2,1H3,(H2,22,23,24). The number of nitrogens with zero attached hydrogens (tertiary/aromatic N) is 6. The molecule has 2 N–H and O–H groups in total. The molecule has 3 heterocycles. The Hall–Kier alpha value is -2.79. The third kappa shape index (κ3) is 4.01. The lowest BCUT2D eigenvalue weighted by Gasteiger charge is -2.35. The van der Waals surface area contributed by atoms with E-state index >= 15 is 0 Å². The van der Waals surface area contributed by atoms with Crippen LogP contribution in [0.4, 0.5) is 19.0 Å². The van der Waals surface area contributed by atoms with E-state index in [1.165, 1.54) is 10.2 Å². The van der Waals surface area contributed by atoms with Crippen molar-refractivity contribution in [1.82, 2.24) is 29.9 Å². The Kier molecular flexibility index (Phi) is 5.09. The molecule has 2 atom stereocenters. The summed E-state index contributed by atoms with van der Waals surface area (Å²) < 4.78 is 46.5. The molecule has 3 aromatic rings. The van der Waals surface area contributed by atoms with Gasteiger partial charge in [-0.15, -0.1) is 5.10 Å². The molecule has 4 rings (SSSR count). The highest BCUT2D eigenvalue weighted by Crippen LogP contribution is 2.30. The van der Waals surface area contributed by atoms with Crippen molar-refractivity contribution in [2.24, 2.45) is 0 Å². The number of ether oxygens (including phenoxy) is 1. The maximum atomic E-state index is 13.1. The van der Waals surface area contributed by atoms with Gasteiger partial charge in [0.25, 0.3) is 0 Å². The van der Waals surface area contributed by atoms with Crippen LogP contribution in [0.15, 0.2) is 30.3 Å². The van der Waals surface area contributed by atoms with Gasteiger partial charge in [0.05, 0.1) is 18.8 Å². The van der Waals surface area contributed by atoms with Gasteiger partial charge in [-0.05, 0) is 12.5 Å². The molecule has 11 heteroatoms. The van der Waals surface area contributed by atoms with Gasteiger partial charge in [-0.2, -0.15) is 13.2 Å². The normalized spacial score (nSPS) is 19.5. The number of morpholine rings is 1. The fourth-order valence-electron chi connectivity index (χ4n) is 3.42. The molecule has 0 saturated carbocycles. The number of hydrogen-bond donors (Lipinski definition) is 1. The SMILES string of the molecule is CC(C1CN(Cc2ccccc2)CCO1)n1nnc2c(N)nc(C(F)(F)F)nc21. The highest BCUT2D eigenvalue weighted by Gasteiger charge is 2.37. The Balaban J connectivity index is 1.58. The van der Waals surface area contributed by atoms with Crippen LogP contribution in [0.3, 0.4) is 0 Å². The average Bonchev–Trinajstić information content (AvgIpc) is 3.12. The van der Waals surface area contributed by atoms with E-state index in [4.69, 9.17) is 10.5 Å². The van der Waals surface area contributed by atoms with Gasteiger partial charge >= 0.3 is 6.18 Å². The lowest BCUT2D eigenvalue weighted by molar-refractivity contribution is -0.144. The van der Waals surface area contributed by atoms with Gasteiger partial charge in [0, 0.05) is 19.6 Å². The number of benzene rings is 1. The lowest BCUT2D eigenvalue weighted by Crippen LogP contribution is -2.45. The molecule has 1 aliphatic rings. The Bertz CT molecular complexity index is 992. The first-order valence-electron chi connectivity index (χ1n) is 9.16. The van der Waals surface area contributed by atoms with E-state index < -0.39 is 18.0 Å². The van der Waals surface area contributed by atoms with Gasteiger partial charge in [-0.1, -0.05) is 35.5 Å². The number of alkyl halides is 3. The summed E-state index contributed by atoms with van der Waals surface area (Å²) in [4.78, 5) is 9.17. The van der Waals surface area contributed by atoms with Crippen molar-refractivity contribution in [3.63, 3.8) is 0 Å². The van der Waals surface area contributed by atoms with Crippen molar-refractivity contribution in [2.75, 3.05) is 25.4 Å². The molecule has 1 aliphatic heterocycles. The molecule has 0 amide bonds. The summed E-state index contributed by atoms with van der Waals surface area (Å²) in [5.41, 5.74) is 6.82. The van der Waals surface area contributed by atoms with Crippen LogP contribution < -0.4 is 5.73 Å². The van der Waals surface area contributed by atoms with Crippen LogP contribution in [-0.4, -0.2) is 55.7 Å². The molecule has 1 aromatic carbocycles. The van der Waals surface area contributed by atoms with Gasteiger partial charge in [0.1, 0.15) is 0 Å². The molecule has 1 fully saturated rings. The van der Waals surface area contributed by atoms with Crippen LogP contribution in [0, 0.1) is 0 Å². The number of aromatic nitrogens is 5. The molecule has 0 spiro atoms. The summed E-state index contributed by atoms with van der Waals surface area (Å²) in [5, 5.41) is 7.85. The van der Waals surface area contributed by atoms with Crippen molar-refractivity contribution in [3.8, 4) is 0 Å². The number of fused-ring (bicyclic) bond motifs is 1. The Morgan fingerprint density at radius 3 is 2.72 bits per heavy atom. The van der Waals surface area contributed by atoms with E-state index in [9.17, 15) is 13.2 Å². The smallest absolute Gasteiger partial charge is 0.382 e. The topological polar surface area (TPSA) is 95.0 Å². The summed E-state index contributed by atoms with van der Waals surface area (Å²) in [7, 11) is 0. The summed E-state index contributed by atoms with van der Waals surface area (Å²) >= 11 is 0. The van der Waals surface area contributed by atoms with E-state index in [-0.39, 0.29) is 23.1 Å². The molecule has 2 aromatic heterocycles. The van der Waals surface area contributed by atoms with E-state index in [0.717, 1.165) is 13.1 Å². The molecule has 154 valence electrons. The van der Waals surface area contributed by atoms with Crippen LogP contribution in [0.1, 0.15) is 24.4 Å². The minimum atomic E-state index is -4.71. The number of anilines is 1.